The van der Waals surface area contributed by atoms with Crippen LogP contribution < -0.4 is 20.7 Å². The Bertz CT molecular complexity index is 1350. The zero-order valence-electron chi connectivity index (χ0n) is 20.1. The molecule has 3 aromatic rings. The van der Waals surface area contributed by atoms with Crippen LogP contribution in [-0.2, 0) is 0 Å². The number of fused-ring (bicyclic) bond motifs is 2. The fourth-order valence-electron chi connectivity index (χ4n) is 5.72. The first-order chi connectivity index (χ1) is 17.4. The zero-order chi connectivity index (χ0) is 25.0. The second-order valence-electron chi connectivity index (χ2n) is 9.84. The lowest BCUT2D eigenvalue weighted by Crippen LogP contribution is -2.55. The first-order valence-electron chi connectivity index (χ1n) is 12.4. The Balaban J connectivity index is 1.37. The molecule has 0 unspecified atom stereocenters. The number of ether oxygens (including phenoxy) is 1. The summed E-state index contributed by atoms with van der Waals surface area (Å²) in [6.45, 7) is 5.22. The van der Waals surface area contributed by atoms with Gasteiger partial charge in [-0.1, -0.05) is 0 Å². The van der Waals surface area contributed by atoms with Crippen LogP contribution in [0, 0.1) is 12.7 Å². The number of hydrogen-bond acceptors (Lipinski definition) is 7. The van der Waals surface area contributed by atoms with Gasteiger partial charge in [0.15, 0.2) is 5.82 Å². The fraction of sp³-hybridized carbons (Fsp3) is 0.423. The first-order valence-corrected chi connectivity index (χ1v) is 12.4. The number of carbonyl (C=O) groups is 1. The first kappa shape index (κ1) is 22.8. The molecule has 2 fully saturated rings. The summed E-state index contributed by atoms with van der Waals surface area (Å²) in [5.41, 5.74) is 8.62. The van der Waals surface area contributed by atoms with E-state index in [0.717, 1.165) is 37.2 Å². The highest BCUT2D eigenvalue weighted by molar-refractivity contribution is 5.99. The van der Waals surface area contributed by atoms with Gasteiger partial charge in [-0.2, -0.15) is 0 Å². The third-order valence-corrected chi connectivity index (χ3v) is 7.78. The number of halogens is 1. The van der Waals surface area contributed by atoms with Crippen LogP contribution in [0.2, 0.25) is 0 Å². The van der Waals surface area contributed by atoms with E-state index in [0.29, 0.717) is 52.8 Å². The molecular formula is C26H29FN6O3. The van der Waals surface area contributed by atoms with Gasteiger partial charge in [0.2, 0.25) is 5.88 Å². The third-order valence-electron chi connectivity index (χ3n) is 7.78. The van der Waals surface area contributed by atoms with E-state index >= 15 is 4.39 Å². The molecule has 2 aromatic heterocycles. The molecule has 4 N–H and O–H groups in total. The molecule has 1 amide bonds. The van der Waals surface area contributed by atoms with Crippen molar-refractivity contribution in [2.75, 3.05) is 42.2 Å². The van der Waals surface area contributed by atoms with Crippen LogP contribution >= 0.6 is 0 Å². The maximum Gasteiger partial charge on any atom is 0.413 e. The molecule has 36 heavy (non-hydrogen) atoms. The molecule has 10 heteroatoms. The SMILES string of the molecule is Cc1c(-c2cc3cc(N(C(=O)O)C4CC(N5CCCC5)C4)ncc3c(N)c2F)cnc2c1NCCO2. The second-order valence-corrected chi connectivity index (χ2v) is 9.84. The fourth-order valence-corrected chi connectivity index (χ4v) is 5.72. The predicted molar refractivity (Wildman–Crippen MR) is 136 cm³/mol. The van der Waals surface area contributed by atoms with Crippen molar-refractivity contribution in [2.24, 2.45) is 0 Å². The number of nitrogens with zero attached hydrogens (tertiary/aromatic N) is 4. The smallest absolute Gasteiger partial charge is 0.413 e. The van der Waals surface area contributed by atoms with Crippen molar-refractivity contribution in [1.29, 1.82) is 0 Å². The summed E-state index contributed by atoms with van der Waals surface area (Å²) in [6.07, 6.45) is 6.01. The lowest BCUT2D eigenvalue weighted by atomic mass is 9.84. The van der Waals surface area contributed by atoms with Gasteiger partial charge in [0.05, 0.1) is 5.69 Å². The summed E-state index contributed by atoms with van der Waals surface area (Å²) in [5.74, 6) is 0.265. The summed E-state index contributed by atoms with van der Waals surface area (Å²) in [5, 5.41) is 14.4. The molecule has 0 bridgehead atoms. The Morgan fingerprint density at radius 1 is 1.22 bits per heavy atom. The average molecular weight is 493 g/mol. The molecule has 188 valence electrons. The number of pyridine rings is 2. The average Bonchev–Trinajstić information content (AvgIpc) is 3.38. The third kappa shape index (κ3) is 3.67. The van der Waals surface area contributed by atoms with Crippen LogP contribution in [0.4, 0.5) is 26.4 Å². The van der Waals surface area contributed by atoms with Crippen molar-refractivity contribution in [3.63, 3.8) is 0 Å². The van der Waals surface area contributed by atoms with E-state index in [2.05, 4.69) is 20.2 Å². The van der Waals surface area contributed by atoms with Gasteiger partial charge in [-0.25, -0.2) is 19.2 Å². The number of nitrogens with two attached hydrogens (primary N) is 1. The molecule has 0 atom stereocenters. The number of anilines is 3. The quantitative estimate of drug-likeness (QED) is 0.463. The van der Waals surface area contributed by atoms with Crippen molar-refractivity contribution in [3.8, 4) is 17.0 Å². The number of benzene rings is 1. The number of nitrogens with one attached hydrogen (secondary N) is 1. The van der Waals surface area contributed by atoms with Gasteiger partial charge in [-0.3, -0.25) is 4.90 Å². The monoisotopic (exact) mass is 492 g/mol. The van der Waals surface area contributed by atoms with Gasteiger partial charge in [0, 0.05) is 47.5 Å². The van der Waals surface area contributed by atoms with Crippen LogP contribution in [0.1, 0.15) is 31.2 Å². The largest absolute Gasteiger partial charge is 0.474 e. The van der Waals surface area contributed by atoms with Gasteiger partial charge in [0.1, 0.15) is 18.1 Å². The number of hydrogen-bond donors (Lipinski definition) is 3. The molecule has 4 heterocycles. The summed E-state index contributed by atoms with van der Waals surface area (Å²) in [7, 11) is 0. The molecule has 2 aliphatic heterocycles. The van der Waals surface area contributed by atoms with E-state index in [9.17, 15) is 9.90 Å². The summed E-state index contributed by atoms with van der Waals surface area (Å²) < 4.78 is 21.1. The minimum atomic E-state index is -1.04. The molecule has 0 radical (unpaired) electrons. The van der Waals surface area contributed by atoms with Crippen LogP contribution in [0.5, 0.6) is 5.88 Å². The molecule has 6 rings (SSSR count). The number of rotatable bonds is 4. The highest BCUT2D eigenvalue weighted by atomic mass is 19.1. The molecule has 1 aliphatic carbocycles. The lowest BCUT2D eigenvalue weighted by Gasteiger charge is -2.45. The van der Waals surface area contributed by atoms with Crippen LogP contribution in [-0.4, -0.2) is 64.4 Å². The topological polar surface area (TPSA) is 117 Å². The van der Waals surface area contributed by atoms with Gasteiger partial charge >= 0.3 is 6.09 Å². The lowest BCUT2D eigenvalue weighted by molar-refractivity contribution is 0.127. The van der Waals surface area contributed by atoms with Gasteiger partial charge in [0.25, 0.3) is 0 Å². The molecule has 3 aliphatic rings. The number of nitrogen functional groups attached to an aromatic ring is 1. The van der Waals surface area contributed by atoms with Crippen molar-refractivity contribution in [2.45, 2.75) is 44.7 Å². The number of amides is 1. The number of aromatic nitrogens is 2. The number of likely N-dealkylation sites (tertiary alicyclic amines) is 1. The summed E-state index contributed by atoms with van der Waals surface area (Å²) in [4.78, 5) is 24.8. The van der Waals surface area contributed by atoms with E-state index in [4.69, 9.17) is 10.5 Å². The summed E-state index contributed by atoms with van der Waals surface area (Å²) in [6, 6.07) is 3.68. The van der Waals surface area contributed by atoms with Gasteiger partial charge < -0.3 is 25.8 Å². The normalized spacial score (nSPS) is 21.4. The number of carboxylic acid groups (broad SMARTS) is 1. The van der Waals surface area contributed by atoms with E-state index in [1.807, 2.05) is 6.92 Å². The second kappa shape index (κ2) is 8.77. The highest BCUT2D eigenvalue weighted by Crippen LogP contribution is 2.41. The van der Waals surface area contributed by atoms with Crippen LogP contribution in [0.25, 0.3) is 21.9 Å². The highest BCUT2D eigenvalue weighted by Gasteiger charge is 2.41. The zero-order valence-corrected chi connectivity index (χ0v) is 20.1. The molecule has 0 spiro atoms. The van der Waals surface area contributed by atoms with Crippen molar-refractivity contribution >= 4 is 34.1 Å². The van der Waals surface area contributed by atoms with E-state index < -0.39 is 11.9 Å². The summed E-state index contributed by atoms with van der Waals surface area (Å²) >= 11 is 0. The molecule has 1 aromatic carbocycles. The van der Waals surface area contributed by atoms with Crippen LogP contribution in [0.15, 0.2) is 24.5 Å². The van der Waals surface area contributed by atoms with Crippen molar-refractivity contribution in [1.82, 2.24) is 14.9 Å². The van der Waals surface area contributed by atoms with E-state index in [-0.39, 0.29) is 11.7 Å². The maximum atomic E-state index is 15.5. The minimum absolute atomic E-state index is 0.0255. The predicted octanol–water partition coefficient (Wildman–Crippen LogP) is 4.24. The van der Waals surface area contributed by atoms with E-state index in [1.54, 1.807) is 18.3 Å². The van der Waals surface area contributed by atoms with Crippen molar-refractivity contribution < 1.29 is 19.0 Å². The molecule has 1 saturated carbocycles. The Labute approximate surface area is 208 Å². The Morgan fingerprint density at radius 3 is 2.75 bits per heavy atom. The minimum Gasteiger partial charge on any atom is -0.474 e. The van der Waals surface area contributed by atoms with Crippen molar-refractivity contribution in [3.05, 3.63) is 35.9 Å². The van der Waals surface area contributed by atoms with Gasteiger partial charge in [-0.15, -0.1) is 0 Å². The maximum absolute atomic E-state index is 15.5. The standard InChI is InChI=1S/C26H29FN6O3/c1-14-19(12-31-25-24(14)29-4-7-36-25)18-8-15-9-21(30-13-20(15)23(28)22(18)27)33(26(34)35)17-10-16(11-17)32-5-2-3-6-32/h8-9,12-13,16-17,29H,2-7,10-11,28H2,1H3,(H,34,35). The molecule has 1 saturated heterocycles. The Hall–Kier alpha value is -3.66. The molecule has 9 nitrogen and oxygen atoms in total. The Kier molecular flexibility index (Phi) is 5.55. The van der Waals surface area contributed by atoms with E-state index in [1.165, 1.54) is 23.9 Å². The van der Waals surface area contributed by atoms with Crippen LogP contribution in [0.3, 0.4) is 0 Å². The van der Waals surface area contributed by atoms with Gasteiger partial charge in [-0.05, 0) is 68.8 Å². The Morgan fingerprint density at radius 2 is 2.00 bits per heavy atom. The molecular weight excluding hydrogens is 463 g/mol.